The second kappa shape index (κ2) is 12.1. The predicted molar refractivity (Wildman–Crippen MR) is 144 cm³/mol. The van der Waals surface area contributed by atoms with Crippen LogP contribution in [0.3, 0.4) is 0 Å². The number of imidazole rings is 1. The second-order valence-corrected chi connectivity index (χ2v) is 10.1. The van der Waals surface area contributed by atoms with Gasteiger partial charge in [-0.2, -0.15) is 13.2 Å². The van der Waals surface area contributed by atoms with E-state index in [-0.39, 0.29) is 35.1 Å². The smallest absolute Gasteiger partial charge is 0.418 e. The third kappa shape index (κ3) is 6.04. The van der Waals surface area contributed by atoms with E-state index in [0.717, 1.165) is 19.2 Å². The average molecular weight is 622 g/mol. The van der Waals surface area contributed by atoms with Gasteiger partial charge in [-0.25, -0.2) is 22.9 Å². The number of morpholine rings is 1. The van der Waals surface area contributed by atoms with Crippen molar-refractivity contribution in [2.45, 2.75) is 31.6 Å². The van der Waals surface area contributed by atoms with Crippen molar-refractivity contribution in [1.29, 1.82) is 0 Å². The lowest BCUT2D eigenvalue weighted by molar-refractivity contribution is -0.143. The Balaban J connectivity index is 1.44. The Morgan fingerprint density at radius 1 is 1.14 bits per heavy atom. The number of halogens is 6. The van der Waals surface area contributed by atoms with Crippen LogP contribution in [-0.2, 0) is 26.9 Å². The number of fused-ring (bicyclic) bond motifs is 1. The van der Waals surface area contributed by atoms with Gasteiger partial charge >= 0.3 is 12.1 Å². The molecule has 3 aromatic heterocycles. The van der Waals surface area contributed by atoms with E-state index in [1.165, 1.54) is 28.9 Å². The first-order valence-corrected chi connectivity index (χ1v) is 13.3. The van der Waals surface area contributed by atoms with Gasteiger partial charge in [0.25, 0.3) is 5.91 Å². The zero-order valence-corrected chi connectivity index (χ0v) is 23.3. The molecule has 9 nitrogen and oxygen atoms in total. The van der Waals surface area contributed by atoms with Crippen molar-refractivity contribution in [2.75, 3.05) is 31.8 Å². The Bertz CT molecular complexity index is 1700. The Kier molecular flexibility index (Phi) is 8.50. The van der Waals surface area contributed by atoms with E-state index in [9.17, 15) is 27.2 Å². The molecule has 0 radical (unpaired) electrons. The fourth-order valence-electron chi connectivity index (χ4n) is 5.12. The van der Waals surface area contributed by atoms with E-state index in [2.05, 4.69) is 15.3 Å². The summed E-state index contributed by atoms with van der Waals surface area (Å²) in [5.41, 5.74) is -2.38. The molecule has 0 aliphatic carbocycles. The van der Waals surface area contributed by atoms with Crippen molar-refractivity contribution in [1.82, 2.24) is 19.7 Å². The van der Waals surface area contributed by atoms with Gasteiger partial charge in [0.15, 0.2) is 0 Å². The number of aromatic nitrogens is 3. The minimum absolute atomic E-state index is 0.00734. The molecule has 1 aromatic carbocycles. The van der Waals surface area contributed by atoms with Crippen LogP contribution in [0.15, 0.2) is 48.9 Å². The van der Waals surface area contributed by atoms with Gasteiger partial charge in [-0.15, -0.1) is 0 Å². The molecular weight excluding hydrogens is 596 g/mol. The third-order valence-corrected chi connectivity index (χ3v) is 7.21. The number of carbonyl (C=O) groups excluding carboxylic acids is 2. The molecule has 0 unspecified atom stereocenters. The van der Waals surface area contributed by atoms with Crippen molar-refractivity contribution in [3.63, 3.8) is 0 Å². The van der Waals surface area contributed by atoms with Gasteiger partial charge in [-0.05, 0) is 37.3 Å². The molecular formula is C29H25F6N5O4. The highest BCUT2D eigenvalue weighted by atomic mass is 19.4. The zero-order valence-electron chi connectivity index (χ0n) is 23.3. The molecule has 1 amide bonds. The number of rotatable bonds is 7. The second-order valence-electron chi connectivity index (χ2n) is 10.1. The number of alkyl halides is 3. The summed E-state index contributed by atoms with van der Waals surface area (Å²) >= 11 is 0. The maximum Gasteiger partial charge on any atom is 0.418 e. The molecule has 15 heteroatoms. The van der Waals surface area contributed by atoms with E-state index in [0.29, 0.717) is 32.0 Å². The van der Waals surface area contributed by atoms with Crippen LogP contribution in [-0.4, -0.2) is 65.2 Å². The topological polar surface area (TPSA) is 98.1 Å². The van der Waals surface area contributed by atoms with Crippen LogP contribution in [0.5, 0.6) is 0 Å². The Morgan fingerprint density at radius 3 is 2.52 bits per heavy atom. The molecule has 0 saturated carbocycles. The van der Waals surface area contributed by atoms with Crippen LogP contribution in [0, 0.1) is 17.5 Å². The number of nitrogens with zero attached hydrogens (tertiary/aromatic N) is 4. The molecule has 1 saturated heterocycles. The Labute approximate surface area is 246 Å². The lowest BCUT2D eigenvalue weighted by Gasteiger charge is -2.35. The van der Waals surface area contributed by atoms with E-state index >= 15 is 8.78 Å². The van der Waals surface area contributed by atoms with Crippen molar-refractivity contribution in [3.8, 4) is 11.3 Å². The summed E-state index contributed by atoms with van der Waals surface area (Å²) in [7, 11) is 1.05. The minimum Gasteiger partial charge on any atom is -0.467 e. The molecule has 5 rings (SSSR count). The first kappa shape index (κ1) is 30.8. The van der Waals surface area contributed by atoms with E-state index in [4.69, 9.17) is 9.47 Å². The summed E-state index contributed by atoms with van der Waals surface area (Å²) in [4.78, 5) is 35.2. The van der Waals surface area contributed by atoms with E-state index in [1.807, 2.05) is 6.92 Å². The molecule has 44 heavy (non-hydrogen) atoms. The number of hydrogen-bond acceptors (Lipinski definition) is 7. The first-order valence-electron chi connectivity index (χ1n) is 13.3. The number of carbonyl (C=O) groups is 2. The third-order valence-electron chi connectivity index (χ3n) is 7.21. The molecule has 1 aliphatic heterocycles. The molecule has 0 spiro atoms. The molecule has 1 N–H and O–H groups in total. The van der Waals surface area contributed by atoms with Gasteiger partial charge < -0.3 is 24.1 Å². The number of benzene rings is 1. The van der Waals surface area contributed by atoms with Crippen LogP contribution in [0.25, 0.3) is 16.9 Å². The summed E-state index contributed by atoms with van der Waals surface area (Å²) in [6.07, 6.45) is -1.90. The van der Waals surface area contributed by atoms with Crippen LogP contribution in [0.2, 0.25) is 0 Å². The predicted octanol–water partition coefficient (Wildman–Crippen LogP) is 4.57. The highest BCUT2D eigenvalue weighted by Crippen LogP contribution is 2.37. The van der Waals surface area contributed by atoms with Crippen molar-refractivity contribution in [3.05, 3.63) is 83.2 Å². The number of hydrogen-bond donors (Lipinski definition) is 1. The fourth-order valence-corrected chi connectivity index (χ4v) is 5.12. The van der Waals surface area contributed by atoms with Crippen molar-refractivity contribution < 1.29 is 45.4 Å². The normalized spacial score (nSPS) is 16.2. The Morgan fingerprint density at radius 2 is 1.86 bits per heavy atom. The van der Waals surface area contributed by atoms with Crippen LogP contribution < -0.4 is 10.2 Å². The zero-order chi connectivity index (χ0) is 31.8. The van der Waals surface area contributed by atoms with Crippen LogP contribution in [0.4, 0.5) is 32.0 Å². The lowest BCUT2D eigenvalue weighted by Crippen LogP contribution is -2.44. The van der Waals surface area contributed by atoms with Gasteiger partial charge in [-0.3, -0.25) is 9.78 Å². The summed E-state index contributed by atoms with van der Waals surface area (Å²) < 4.78 is 96.4. The number of ether oxygens (including phenoxy) is 2. The fraction of sp³-hybridized carbons (Fsp3) is 0.310. The van der Waals surface area contributed by atoms with E-state index < -0.39 is 58.4 Å². The molecule has 4 aromatic rings. The highest BCUT2D eigenvalue weighted by Gasteiger charge is 2.36. The minimum atomic E-state index is -4.92. The van der Waals surface area contributed by atoms with Crippen molar-refractivity contribution >= 4 is 23.2 Å². The maximum absolute atomic E-state index is 15.1. The standard InChI is InChI=1S/C29H25F6N5O4/c1-15-14-44-8-7-39(15)18-10-21(31)24(22(32)11-18)27(41)38-23(28(42)43-2)12-17-3-4-19(26-36-5-6-40(17)26)25-20(29(33,34)35)9-16(30)13-37-25/h3-6,9-11,13,15,23H,7-8,12,14H2,1-2H3,(H,38,41)/t15-,23-/m0/s1. The number of anilines is 1. The molecule has 0 bridgehead atoms. The molecule has 1 fully saturated rings. The van der Waals surface area contributed by atoms with Gasteiger partial charge in [0.05, 0.1) is 37.8 Å². The monoisotopic (exact) mass is 621 g/mol. The quantitative estimate of drug-likeness (QED) is 0.239. The number of methoxy groups -OCH3 is 1. The average Bonchev–Trinajstić information content (AvgIpc) is 3.47. The summed E-state index contributed by atoms with van der Waals surface area (Å²) in [6, 6.07) is 3.38. The maximum atomic E-state index is 15.1. The van der Waals surface area contributed by atoms with Gasteiger partial charge in [0, 0.05) is 48.3 Å². The highest BCUT2D eigenvalue weighted by molar-refractivity contribution is 5.97. The lowest BCUT2D eigenvalue weighted by atomic mass is 10.0. The van der Waals surface area contributed by atoms with Crippen molar-refractivity contribution in [2.24, 2.45) is 0 Å². The SMILES string of the molecule is COC(=O)[C@H](Cc1ccc(-c2ncc(F)cc2C(F)(F)F)c2nccn12)NC(=O)c1c(F)cc(N2CCOC[C@@H]2C)cc1F. The molecule has 1 aliphatic rings. The number of nitrogens with one attached hydrogen (secondary N) is 1. The molecule has 4 heterocycles. The molecule has 232 valence electrons. The van der Waals surface area contributed by atoms with Gasteiger partial charge in [0.1, 0.15) is 34.7 Å². The molecule has 2 atom stereocenters. The summed E-state index contributed by atoms with van der Waals surface area (Å²) in [6.45, 7) is 2.95. The van der Waals surface area contributed by atoms with Gasteiger partial charge in [0.2, 0.25) is 0 Å². The van der Waals surface area contributed by atoms with Crippen LogP contribution >= 0.6 is 0 Å². The summed E-state index contributed by atoms with van der Waals surface area (Å²) in [5.74, 6) is -5.63. The summed E-state index contributed by atoms with van der Waals surface area (Å²) in [5, 5.41) is 2.30. The number of esters is 1. The Hall–Kier alpha value is -4.66. The van der Waals surface area contributed by atoms with Crippen LogP contribution in [0.1, 0.15) is 28.5 Å². The number of pyridine rings is 2. The number of amides is 1. The van der Waals surface area contributed by atoms with Gasteiger partial charge in [-0.1, -0.05) is 0 Å². The van der Waals surface area contributed by atoms with E-state index in [1.54, 1.807) is 4.90 Å². The first-order chi connectivity index (χ1) is 20.9. The largest absolute Gasteiger partial charge is 0.467 e.